The van der Waals surface area contributed by atoms with Crippen LogP contribution in [0.3, 0.4) is 0 Å². The van der Waals surface area contributed by atoms with Crippen LogP contribution in [0, 0.1) is 0 Å². The Morgan fingerprint density at radius 1 is 1.24 bits per heavy atom. The van der Waals surface area contributed by atoms with Crippen LogP contribution in [0.2, 0.25) is 0 Å². The van der Waals surface area contributed by atoms with Crippen molar-refractivity contribution in [3.8, 4) is 0 Å². The normalized spacial score (nSPS) is 25.5. The van der Waals surface area contributed by atoms with Gasteiger partial charge in [-0.05, 0) is 39.2 Å². The van der Waals surface area contributed by atoms with Gasteiger partial charge in [-0.2, -0.15) is 5.10 Å². The minimum atomic E-state index is 0.553. The van der Waals surface area contributed by atoms with E-state index < -0.39 is 0 Å². The lowest BCUT2D eigenvalue weighted by molar-refractivity contribution is 0.109. The Morgan fingerprint density at radius 2 is 1.88 bits per heavy atom. The van der Waals surface area contributed by atoms with E-state index in [1.807, 2.05) is 24.4 Å². The van der Waals surface area contributed by atoms with Crippen molar-refractivity contribution in [2.24, 2.45) is 5.10 Å². The molecule has 1 saturated heterocycles. The second-order valence-corrected chi connectivity index (χ2v) is 5.63. The van der Waals surface area contributed by atoms with Crippen molar-refractivity contribution in [2.75, 3.05) is 0 Å². The van der Waals surface area contributed by atoms with Crippen LogP contribution < -0.4 is 0 Å². The highest BCUT2D eigenvalue weighted by molar-refractivity contribution is 9.10. The first-order chi connectivity index (χ1) is 8.18. The van der Waals surface area contributed by atoms with Crippen LogP contribution in [0.15, 0.2) is 33.8 Å². The van der Waals surface area contributed by atoms with E-state index in [9.17, 15) is 0 Å². The number of rotatable bonds is 2. The van der Waals surface area contributed by atoms with E-state index in [0.29, 0.717) is 12.1 Å². The third-order valence-corrected chi connectivity index (χ3v) is 4.10. The average Bonchev–Trinajstić information content (AvgIpc) is 2.30. The van der Waals surface area contributed by atoms with Crippen molar-refractivity contribution in [3.05, 3.63) is 34.3 Å². The lowest BCUT2D eigenvalue weighted by Crippen LogP contribution is -2.39. The molecule has 0 radical (unpaired) electrons. The molecule has 0 N–H and O–H groups in total. The summed E-state index contributed by atoms with van der Waals surface area (Å²) >= 11 is 3.54. The Hall–Kier alpha value is -0.830. The van der Waals surface area contributed by atoms with Crippen molar-refractivity contribution < 1.29 is 0 Å². The maximum absolute atomic E-state index is 4.65. The first kappa shape index (κ1) is 12.6. The molecule has 0 amide bonds. The molecule has 17 heavy (non-hydrogen) atoms. The standard InChI is InChI=1S/C14H19BrN2/c1-11-6-5-7-12(2)17(11)16-10-13-8-3-4-9-14(13)15/h3-4,8-12H,5-7H2,1-2H3/b16-10-/t11-,12-/m0/s1. The molecule has 3 heteroatoms. The van der Waals surface area contributed by atoms with Crippen LogP contribution >= 0.6 is 15.9 Å². The molecule has 92 valence electrons. The quantitative estimate of drug-likeness (QED) is 0.752. The van der Waals surface area contributed by atoms with Crippen molar-refractivity contribution in [2.45, 2.75) is 45.2 Å². The number of benzene rings is 1. The fourth-order valence-corrected chi connectivity index (χ4v) is 2.73. The summed E-state index contributed by atoms with van der Waals surface area (Å²) in [5, 5.41) is 6.89. The molecule has 2 nitrogen and oxygen atoms in total. The van der Waals surface area contributed by atoms with Crippen LogP contribution in [0.5, 0.6) is 0 Å². The van der Waals surface area contributed by atoms with Crippen molar-refractivity contribution in [3.63, 3.8) is 0 Å². The summed E-state index contributed by atoms with van der Waals surface area (Å²) in [6, 6.07) is 9.29. The van der Waals surface area contributed by atoms with Gasteiger partial charge in [-0.1, -0.05) is 34.1 Å². The monoisotopic (exact) mass is 294 g/mol. The summed E-state index contributed by atoms with van der Waals surface area (Å²) in [4.78, 5) is 0. The molecule has 1 aliphatic heterocycles. The molecule has 0 aromatic heterocycles. The van der Waals surface area contributed by atoms with Gasteiger partial charge in [-0.3, -0.25) is 5.01 Å². The number of halogens is 1. The number of nitrogens with zero attached hydrogens (tertiary/aromatic N) is 2. The fraction of sp³-hybridized carbons (Fsp3) is 0.500. The first-order valence-corrected chi connectivity index (χ1v) is 7.04. The summed E-state index contributed by atoms with van der Waals surface area (Å²) in [7, 11) is 0. The Morgan fingerprint density at radius 3 is 2.53 bits per heavy atom. The predicted molar refractivity (Wildman–Crippen MR) is 76.4 cm³/mol. The maximum Gasteiger partial charge on any atom is 0.0554 e. The van der Waals surface area contributed by atoms with Gasteiger partial charge < -0.3 is 0 Å². The minimum absolute atomic E-state index is 0.553. The van der Waals surface area contributed by atoms with E-state index in [4.69, 9.17) is 0 Å². The van der Waals surface area contributed by atoms with Crippen LogP contribution in [-0.2, 0) is 0 Å². The minimum Gasteiger partial charge on any atom is -0.292 e. The molecule has 1 aromatic rings. The number of hydrazone groups is 1. The molecule has 1 aromatic carbocycles. The first-order valence-electron chi connectivity index (χ1n) is 6.25. The highest BCUT2D eigenvalue weighted by Gasteiger charge is 2.22. The molecule has 0 saturated carbocycles. The van der Waals surface area contributed by atoms with E-state index in [1.54, 1.807) is 0 Å². The second kappa shape index (κ2) is 5.67. The lowest BCUT2D eigenvalue weighted by Gasteiger charge is -2.36. The third-order valence-electron chi connectivity index (χ3n) is 3.38. The summed E-state index contributed by atoms with van der Waals surface area (Å²) < 4.78 is 1.10. The van der Waals surface area contributed by atoms with Crippen molar-refractivity contribution >= 4 is 22.1 Å². The lowest BCUT2D eigenvalue weighted by atomic mass is 10.00. The molecule has 0 aliphatic carbocycles. The van der Waals surface area contributed by atoms with Gasteiger partial charge in [0.25, 0.3) is 0 Å². The van der Waals surface area contributed by atoms with E-state index in [-0.39, 0.29) is 0 Å². The summed E-state index contributed by atoms with van der Waals surface area (Å²) in [6.45, 7) is 4.51. The summed E-state index contributed by atoms with van der Waals surface area (Å²) in [6.07, 6.45) is 5.78. The summed E-state index contributed by atoms with van der Waals surface area (Å²) in [5.74, 6) is 0. The van der Waals surface area contributed by atoms with E-state index in [1.165, 1.54) is 19.3 Å². The third kappa shape index (κ3) is 3.09. The highest BCUT2D eigenvalue weighted by Crippen LogP contribution is 2.23. The van der Waals surface area contributed by atoms with Crippen LogP contribution in [0.25, 0.3) is 0 Å². The predicted octanol–water partition coefficient (Wildman–Crippen LogP) is 4.05. The highest BCUT2D eigenvalue weighted by atomic mass is 79.9. The molecule has 2 rings (SSSR count). The van der Waals surface area contributed by atoms with Gasteiger partial charge in [0.1, 0.15) is 0 Å². The zero-order chi connectivity index (χ0) is 12.3. The fourth-order valence-electron chi connectivity index (χ4n) is 2.34. The Balaban J connectivity index is 2.11. The topological polar surface area (TPSA) is 15.6 Å². The molecule has 0 unspecified atom stereocenters. The van der Waals surface area contributed by atoms with Crippen molar-refractivity contribution in [1.29, 1.82) is 0 Å². The van der Waals surface area contributed by atoms with Crippen molar-refractivity contribution in [1.82, 2.24) is 5.01 Å². The molecular formula is C14H19BrN2. The molecule has 1 heterocycles. The van der Waals surface area contributed by atoms with Gasteiger partial charge in [0.05, 0.1) is 6.21 Å². The van der Waals surface area contributed by atoms with Crippen LogP contribution in [-0.4, -0.2) is 23.3 Å². The smallest absolute Gasteiger partial charge is 0.0554 e. The number of hydrogen-bond acceptors (Lipinski definition) is 2. The van der Waals surface area contributed by atoms with Gasteiger partial charge >= 0.3 is 0 Å². The van der Waals surface area contributed by atoms with Gasteiger partial charge in [0.2, 0.25) is 0 Å². The Labute approximate surface area is 112 Å². The average molecular weight is 295 g/mol. The van der Waals surface area contributed by atoms with E-state index in [0.717, 1.165) is 10.0 Å². The summed E-state index contributed by atoms with van der Waals surface area (Å²) in [5.41, 5.74) is 1.14. The molecular weight excluding hydrogens is 276 g/mol. The molecule has 0 bridgehead atoms. The molecule has 1 fully saturated rings. The molecule has 1 aliphatic rings. The van der Waals surface area contributed by atoms with Gasteiger partial charge in [-0.15, -0.1) is 0 Å². The molecule has 2 atom stereocenters. The number of piperidine rings is 1. The zero-order valence-corrected chi connectivity index (χ0v) is 12.0. The zero-order valence-electron chi connectivity index (χ0n) is 10.4. The van der Waals surface area contributed by atoms with Gasteiger partial charge in [0.15, 0.2) is 0 Å². The van der Waals surface area contributed by atoms with Gasteiger partial charge in [0, 0.05) is 22.1 Å². The van der Waals surface area contributed by atoms with E-state index >= 15 is 0 Å². The largest absolute Gasteiger partial charge is 0.292 e. The Bertz CT molecular complexity index is 393. The van der Waals surface area contributed by atoms with Crippen LogP contribution in [0.4, 0.5) is 0 Å². The van der Waals surface area contributed by atoms with E-state index in [2.05, 4.69) is 46.0 Å². The second-order valence-electron chi connectivity index (χ2n) is 4.78. The number of hydrogen-bond donors (Lipinski definition) is 0. The van der Waals surface area contributed by atoms with Crippen LogP contribution in [0.1, 0.15) is 38.7 Å². The SMILES string of the molecule is C[C@H]1CCC[C@H](C)N1/N=C\c1ccccc1Br. The van der Waals surface area contributed by atoms with Gasteiger partial charge in [-0.25, -0.2) is 0 Å². The Kier molecular flexibility index (Phi) is 4.21. The molecule has 0 spiro atoms. The maximum atomic E-state index is 4.65.